The fraction of sp³-hybridized carbons (Fsp3) is 0.522. The molecule has 9 heteroatoms. The Bertz CT molecular complexity index is 1010. The lowest BCUT2D eigenvalue weighted by Crippen LogP contribution is -2.47. The molecule has 1 aromatic heterocycles. The quantitative estimate of drug-likeness (QED) is 0.739. The summed E-state index contributed by atoms with van der Waals surface area (Å²) < 4.78 is 30.3. The molecule has 0 saturated heterocycles. The second kappa shape index (κ2) is 9.36. The van der Waals surface area contributed by atoms with Gasteiger partial charge in [0.05, 0.1) is 11.3 Å². The number of likely N-dealkylation sites (N-methyl/N-ethyl adjacent to an activating group) is 1. The number of fused-ring (bicyclic) bond motifs is 1. The molecule has 0 aliphatic carbocycles. The first kappa shape index (κ1) is 23.8. The summed E-state index contributed by atoms with van der Waals surface area (Å²) in [6.07, 6.45) is 1.20. The van der Waals surface area contributed by atoms with Crippen LogP contribution in [0.25, 0.3) is 11.4 Å². The zero-order valence-electron chi connectivity index (χ0n) is 19.3. The van der Waals surface area contributed by atoms with Crippen LogP contribution in [0.2, 0.25) is 0 Å². The number of halogens is 2. The maximum absolute atomic E-state index is 14.6. The van der Waals surface area contributed by atoms with Crippen LogP contribution in [-0.4, -0.2) is 52.9 Å². The maximum Gasteiger partial charge on any atom is 0.272 e. The van der Waals surface area contributed by atoms with Crippen molar-refractivity contribution in [3.63, 3.8) is 0 Å². The van der Waals surface area contributed by atoms with Crippen molar-refractivity contribution in [3.05, 3.63) is 41.2 Å². The fourth-order valence-corrected chi connectivity index (χ4v) is 4.00. The highest BCUT2D eigenvalue weighted by Gasteiger charge is 2.31. The molecule has 0 spiro atoms. The van der Waals surface area contributed by atoms with Crippen LogP contribution < -0.4 is 10.6 Å². The first-order chi connectivity index (χ1) is 15.0. The molecule has 1 aliphatic rings. The molecule has 2 aromatic rings. The second-order valence-electron chi connectivity index (χ2n) is 9.50. The van der Waals surface area contributed by atoms with Gasteiger partial charge in [0.1, 0.15) is 23.5 Å². The van der Waals surface area contributed by atoms with E-state index in [9.17, 15) is 18.4 Å². The summed E-state index contributed by atoms with van der Waals surface area (Å²) in [6, 6.07) is 2.45. The molecule has 3 rings (SSSR count). The molecule has 0 saturated carbocycles. The molecule has 2 heterocycles. The molecule has 7 nitrogen and oxygen atoms in total. The lowest BCUT2D eigenvalue weighted by atomic mass is 9.87. The number of nitrogens with zero attached hydrogens (tertiary/aromatic N) is 3. The van der Waals surface area contributed by atoms with Gasteiger partial charge in [-0.3, -0.25) is 9.59 Å². The SMILES string of the molecule is CNC(=O)[C@H](CC(C)(C)C)NC(=O)c1nc(-c2cc(F)ccc2F)n2c1CN(C)CCC2. The summed E-state index contributed by atoms with van der Waals surface area (Å²) in [7, 11) is 3.45. The number of rotatable bonds is 5. The van der Waals surface area contributed by atoms with E-state index >= 15 is 0 Å². The Morgan fingerprint density at radius 1 is 1.22 bits per heavy atom. The van der Waals surface area contributed by atoms with Crippen molar-refractivity contribution >= 4 is 11.8 Å². The minimum atomic E-state index is -0.747. The van der Waals surface area contributed by atoms with Gasteiger partial charge in [-0.2, -0.15) is 0 Å². The number of carbonyl (C=O) groups is 2. The highest BCUT2D eigenvalue weighted by Crippen LogP contribution is 2.29. The third-order valence-corrected chi connectivity index (χ3v) is 5.48. The van der Waals surface area contributed by atoms with Crippen LogP contribution in [0, 0.1) is 17.0 Å². The molecule has 1 aromatic carbocycles. The average molecular weight is 448 g/mol. The number of aromatic nitrogens is 2. The van der Waals surface area contributed by atoms with Crippen molar-refractivity contribution in [1.82, 2.24) is 25.1 Å². The molecule has 32 heavy (non-hydrogen) atoms. The number of imidazole rings is 1. The monoisotopic (exact) mass is 447 g/mol. The van der Waals surface area contributed by atoms with Gasteiger partial charge >= 0.3 is 0 Å². The van der Waals surface area contributed by atoms with E-state index < -0.39 is 23.6 Å². The predicted molar refractivity (Wildman–Crippen MR) is 118 cm³/mol. The zero-order chi connectivity index (χ0) is 23.6. The van der Waals surface area contributed by atoms with E-state index in [-0.39, 0.29) is 28.4 Å². The topological polar surface area (TPSA) is 79.3 Å². The van der Waals surface area contributed by atoms with E-state index in [2.05, 4.69) is 15.6 Å². The molecule has 1 atom stereocenters. The van der Waals surface area contributed by atoms with Crippen molar-refractivity contribution in [2.75, 3.05) is 20.6 Å². The largest absolute Gasteiger partial charge is 0.357 e. The number of carbonyl (C=O) groups excluding carboxylic acids is 2. The van der Waals surface area contributed by atoms with Gasteiger partial charge < -0.3 is 20.1 Å². The molecule has 1 aliphatic heterocycles. The molecule has 0 bridgehead atoms. The Morgan fingerprint density at radius 2 is 1.94 bits per heavy atom. The third kappa shape index (κ3) is 5.32. The molecule has 0 unspecified atom stereocenters. The van der Waals surface area contributed by atoms with E-state index in [0.29, 0.717) is 25.2 Å². The average Bonchev–Trinajstić information content (AvgIpc) is 2.94. The Morgan fingerprint density at radius 3 is 2.59 bits per heavy atom. The van der Waals surface area contributed by atoms with Crippen molar-refractivity contribution in [1.29, 1.82) is 0 Å². The van der Waals surface area contributed by atoms with E-state index in [4.69, 9.17) is 0 Å². The fourth-order valence-electron chi connectivity index (χ4n) is 4.00. The van der Waals surface area contributed by atoms with Gasteiger partial charge in [-0.25, -0.2) is 13.8 Å². The summed E-state index contributed by atoms with van der Waals surface area (Å²) in [5, 5.41) is 5.39. The molecule has 2 N–H and O–H groups in total. The lowest BCUT2D eigenvalue weighted by Gasteiger charge is -2.25. The molecule has 174 valence electrons. The van der Waals surface area contributed by atoms with E-state index in [1.54, 1.807) is 4.57 Å². The molecule has 2 amide bonds. The Hall–Kier alpha value is -2.81. The maximum atomic E-state index is 14.6. The first-order valence-corrected chi connectivity index (χ1v) is 10.8. The van der Waals surface area contributed by atoms with Crippen LogP contribution in [0.15, 0.2) is 18.2 Å². The van der Waals surface area contributed by atoms with E-state index in [1.165, 1.54) is 7.05 Å². The summed E-state index contributed by atoms with van der Waals surface area (Å²) >= 11 is 0. The minimum absolute atomic E-state index is 0.00685. The van der Waals surface area contributed by atoms with Crippen LogP contribution in [0.1, 0.15) is 49.8 Å². The van der Waals surface area contributed by atoms with Crippen LogP contribution in [0.5, 0.6) is 0 Å². The van der Waals surface area contributed by atoms with Gasteiger partial charge in [0, 0.05) is 20.1 Å². The Kier molecular flexibility index (Phi) is 6.97. The smallest absolute Gasteiger partial charge is 0.272 e. The van der Waals surface area contributed by atoms with Crippen molar-refractivity contribution in [2.45, 2.75) is 52.7 Å². The van der Waals surface area contributed by atoms with Gasteiger partial charge in [-0.05, 0) is 50.0 Å². The summed E-state index contributed by atoms with van der Waals surface area (Å²) in [6.45, 7) is 7.69. The van der Waals surface area contributed by atoms with Gasteiger partial charge in [-0.1, -0.05) is 20.8 Å². The number of benzene rings is 1. The van der Waals surface area contributed by atoms with Crippen molar-refractivity contribution in [2.24, 2.45) is 5.41 Å². The van der Waals surface area contributed by atoms with Gasteiger partial charge in [0.25, 0.3) is 5.91 Å². The van der Waals surface area contributed by atoms with Gasteiger partial charge in [0.15, 0.2) is 5.69 Å². The van der Waals surface area contributed by atoms with Crippen LogP contribution in [-0.2, 0) is 17.9 Å². The summed E-state index contributed by atoms with van der Waals surface area (Å²) in [4.78, 5) is 32.2. The summed E-state index contributed by atoms with van der Waals surface area (Å²) in [5.41, 5.74) is 0.547. The molecular weight excluding hydrogens is 416 g/mol. The predicted octanol–water partition coefficient (Wildman–Crippen LogP) is 2.94. The summed E-state index contributed by atoms with van der Waals surface area (Å²) in [5.74, 6) is -1.79. The van der Waals surface area contributed by atoms with E-state index in [1.807, 2.05) is 32.7 Å². The zero-order valence-corrected chi connectivity index (χ0v) is 19.3. The van der Waals surface area contributed by atoms with Gasteiger partial charge in [-0.15, -0.1) is 0 Å². The van der Waals surface area contributed by atoms with E-state index in [0.717, 1.165) is 31.2 Å². The third-order valence-electron chi connectivity index (χ3n) is 5.48. The second-order valence-corrected chi connectivity index (χ2v) is 9.50. The molecule has 0 radical (unpaired) electrons. The standard InChI is InChI=1S/C23H31F2N5O2/c1-23(2,3)12-17(21(31)26-4)27-22(32)19-18-13-29(5)9-6-10-30(18)20(28-19)15-11-14(24)7-8-16(15)25/h7-8,11,17H,6,9-10,12-13H2,1-5H3,(H,26,31)(H,27,32)/t17-/m0/s1. The number of amides is 2. The van der Waals surface area contributed by atoms with Crippen LogP contribution >= 0.6 is 0 Å². The highest BCUT2D eigenvalue weighted by molar-refractivity contribution is 5.97. The van der Waals surface area contributed by atoms with Crippen LogP contribution in [0.4, 0.5) is 8.78 Å². The molecule has 0 fully saturated rings. The Labute approximate surface area is 187 Å². The van der Waals surface area contributed by atoms with Crippen molar-refractivity contribution < 1.29 is 18.4 Å². The minimum Gasteiger partial charge on any atom is -0.357 e. The highest BCUT2D eigenvalue weighted by atomic mass is 19.1. The first-order valence-electron chi connectivity index (χ1n) is 10.8. The number of hydrogen-bond donors (Lipinski definition) is 2. The number of hydrogen-bond acceptors (Lipinski definition) is 4. The molecular formula is C23H31F2N5O2. The number of nitrogens with one attached hydrogen (secondary N) is 2. The van der Waals surface area contributed by atoms with Crippen LogP contribution in [0.3, 0.4) is 0 Å². The lowest BCUT2D eigenvalue weighted by molar-refractivity contribution is -0.123. The van der Waals surface area contributed by atoms with Crippen molar-refractivity contribution in [3.8, 4) is 11.4 Å². The normalized spacial score (nSPS) is 15.6. The van der Waals surface area contributed by atoms with Gasteiger partial charge in [0.2, 0.25) is 5.91 Å². The Balaban J connectivity index is 2.05.